The Balaban J connectivity index is 0.00000133. The molecule has 19 heavy (non-hydrogen) atoms. The minimum atomic E-state index is -3.63. The number of sulfonamides is 1. The van der Waals surface area contributed by atoms with Crippen molar-refractivity contribution in [3.63, 3.8) is 0 Å². The Labute approximate surface area is 156 Å². The van der Waals surface area contributed by atoms with Gasteiger partial charge in [-0.1, -0.05) is 18.2 Å². The van der Waals surface area contributed by atoms with Crippen LogP contribution in [-0.2, 0) is 10.0 Å². The molecular formula is C13H15KN2O2S. The van der Waals surface area contributed by atoms with Crippen molar-refractivity contribution >= 4 is 15.7 Å². The predicted molar refractivity (Wildman–Crippen MR) is 69.9 cm³/mol. The second-order valence-corrected chi connectivity index (χ2v) is 6.53. The summed E-state index contributed by atoms with van der Waals surface area (Å²) in [6.07, 6.45) is 4.54. The fourth-order valence-corrected chi connectivity index (χ4v) is 2.79. The summed E-state index contributed by atoms with van der Waals surface area (Å²) in [5.41, 5.74) is 1.01. The third-order valence-corrected chi connectivity index (χ3v) is 4.46. The first kappa shape index (κ1) is 15.7. The van der Waals surface area contributed by atoms with E-state index in [0.717, 1.165) is 31.4 Å². The minimum Gasteiger partial charge on any atom is -0.491 e. The van der Waals surface area contributed by atoms with Gasteiger partial charge in [-0.15, -0.1) is 0 Å². The van der Waals surface area contributed by atoms with Crippen molar-refractivity contribution in [1.82, 2.24) is 0 Å². The molecule has 1 aromatic carbocycles. The van der Waals surface area contributed by atoms with Gasteiger partial charge in [0.2, 0.25) is 0 Å². The molecule has 0 amide bonds. The van der Waals surface area contributed by atoms with E-state index in [1.165, 1.54) is 0 Å². The normalized spacial score (nSPS) is 18.3. The van der Waals surface area contributed by atoms with Crippen LogP contribution >= 0.6 is 0 Å². The van der Waals surface area contributed by atoms with Crippen molar-refractivity contribution in [2.45, 2.75) is 30.6 Å². The quantitative estimate of drug-likeness (QED) is 0.434. The molecule has 0 unspecified atom stereocenters. The first-order valence-electron chi connectivity index (χ1n) is 6.26. The average Bonchev–Trinajstić information content (AvgIpc) is 3.24. The molecule has 1 aromatic rings. The van der Waals surface area contributed by atoms with E-state index in [2.05, 4.69) is 9.93 Å². The molecule has 2 fully saturated rings. The van der Waals surface area contributed by atoms with E-state index in [1.54, 1.807) is 30.3 Å². The van der Waals surface area contributed by atoms with E-state index in [1.807, 2.05) is 0 Å². The van der Waals surface area contributed by atoms with Crippen LogP contribution in [0.25, 0.3) is 4.83 Å². The Bertz CT molecular complexity index is 550. The molecule has 0 bridgehead atoms. The molecule has 2 aliphatic carbocycles. The van der Waals surface area contributed by atoms with Crippen LogP contribution in [0.5, 0.6) is 0 Å². The fraction of sp³-hybridized carbons (Fsp3) is 0.462. The van der Waals surface area contributed by atoms with E-state index in [0.29, 0.717) is 11.8 Å². The van der Waals surface area contributed by atoms with E-state index in [9.17, 15) is 8.42 Å². The van der Waals surface area contributed by atoms with Gasteiger partial charge in [0.05, 0.1) is 4.90 Å². The Morgan fingerprint density at radius 3 is 2.05 bits per heavy atom. The van der Waals surface area contributed by atoms with Gasteiger partial charge in [-0.25, -0.2) is 8.42 Å². The molecule has 2 saturated carbocycles. The standard InChI is InChI=1S/C13H15N2O2S.K/c16-18(17,12-4-2-1-3-5-12)15-14-13(10-6-7-10)11-8-9-11;/h1-5,10-11H,6-9H2;/q-1;+1. The molecule has 6 heteroatoms. The first-order valence-corrected chi connectivity index (χ1v) is 7.70. The summed E-state index contributed by atoms with van der Waals surface area (Å²) in [7, 11) is -3.63. The van der Waals surface area contributed by atoms with E-state index in [-0.39, 0.29) is 56.3 Å². The van der Waals surface area contributed by atoms with Crippen molar-refractivity contribution < 1.29 is 59.8 Å². The number of hydrogen-bond donors (Lipinski definition) is 0. The topological polar surface area (TPSA) is 60.6 Å². The molecule has 4 nitrogen and oxygen atoms in total. The SMILES string of the molecule is O=S(=O)([N-]N=C(C1CC1)C1CC1)c1ccccc1.[K+]. The third kappa shape index (κ3) is 4.12. The summed E-state index contributed by atoms with van der Waals surface area (Å²) in [5, 5.41) is 4.05. The van der Waals surface area contributed by atoms with Gasteiger partial charge in [-0.2, -0.15) is 0 Å². The Morgan fingerprint density at radius 2 is 1.58 bits per heavy atom. The largest absolute Gasteiger partial charge is 1.00 e. The van der Waals surface area contributed by atoms with Gasteiger partial charge in [-0.05, 0) is 49.7 Å². The first-order chi connectivity index (χ1) is 8.67. The summed E-state index contributed by atoms with van der Waals surface area (Å²) in [5.74, 6) is 0.986. The van der Waals surface area contributed by atoms with Crippen LogP contribution in [0.2, 0.25) is 0 Å². The zero-order valence-electron chi connectivity index (χ0n) is 11.0. The van der Waals surface area contributed by atoms with Crippen molar-refractivity contribution in [1.29, 1.82) is 0 Å². The molecule has 0 N–H and O–H groups in total. The van der Waals surface area contributed by atoms with Gasteiger partial charge in [0, 0.05) is 5.71 Å². The Kier molecular flexibility index (Phi) is 5.25. The maximum atomic E-state index is 11.9. The van der Waals surface area contributed by atoms with Gasteiger partial charge in [0.25, 0.3) is 0 Å². The number of rotatable bonds is 5. The van der Waals surface area contributed by atoms with Crippen LogP contribution in [0.15, 0.2) is 40.3 Å². The van der Waals surface area contributed by atoms with Gasteiger partial charge >= 0.3 is 51.4 Å². The fourth-order valence-electron chi connectivity index (χ4n) is 2.00. The van der Waals surface area contributed by atoms with Gasteiger partial charge in [0.15, 0.2) is 0 Å². The Hall–Kier alpha value is 0.276. The van der Waals surface area contributed by atoms with Gasteiger partial charge in [-0.3, -0.25) is 0 Å². The molecule has 96 valence electrons. The summed E-state index contributed by atoms with van der Waals surface area (Å²) in [6, 6.07) is 8.25. The number of hydrogen-bond acceptors (Lipinski definition) is 3. The zero-order chi connectivity index (χ0) is 12.6. The van der Waals surface area contributed by atoms with Crippen molar-refractivity contribution in [3.05, 3.63) is 35.2 Å². The summed E-state index contributed by atoms with van der Waals surface area (Å²) < 4.78 is 23.9. The van der Waals surface area contributed by atoms with Crippen molar-refractivity contribution in [3.8, 4) is 0 Å². The van der Waals surface area contributed by atoms with Crippen LogP contribution in [0, 0.1) is 11.8 Å². The second-order valence-electron chi connectivity index (χ2n) is 4.94. The smallest absolute Gasteiger partial charge is 0.491 e. The maximum absolute atomic E-state index is 11.9. The number of benzene rings is 1. The molecule has 0 heterocycles. The summed E-state index contributed by atoms with van der Waals surface area (Å²) >= 11 is 0. The van der Waals surface area contributed by atoms with Crippen LogP contribution < -0.4 is 51.4 Å². The number of nitrogens with zero attached hydrogens (tertiary/aromatic N) is 2. The monoisotopic (exact) mass is 302 g/mol. The Morgan fingerprint density at radius 1 is 1.05 bits per heavy atom. The predicted octanol–water partition coefficient (Wildman–Crippen LogP) is -0.0710. The van der Waals surface area contributed by atoms with E-state index >= 15 is 0 Å². The molecule has 0 aliphatic heterocycles. The van der Waals surface area contributed by atoms with Crippen molar-refractivity contribution in [2.24, 2.45) is 16.9 Å². The molecule has 2 aliphatic rings. The average molecular weight is 302 g/mol. The van der Waals surface area contributed by atoms with Gasteiger partial charge < -0.3 is 9.93 Å². The maximum Gasteiger partial charge on any atom is 1.00 e. The minimum absolute atomic E-state index is 0. The van der Waals surface area contributed by atoms with Crippen LogP contribution in [0.4, 0.5) is 0 Å². The van der Waals surface area contributed by atoms with Crippen LogP contribution in [0.1, 0.15) is 25.7 Å². The van der Waals surface area contributed by atoms with Gasteiger partial charge in [0.1, 0.15) is 10.0 Å². The second kappa shape index (κ2) is 6.36. The van der Waals surface area contributed by atoms with Crippen LogP contribution in [-0.4, -0.2) is 14.1 Å². The molecular weight excluding hydrogens is 287 g/mol. The molecule has 3 rings (SSSR count). The molecule has 0 spiro atoms. The van der Waals surface area contributed by atoms with E-state index < -0.39 is 10.0 Å². The molecule has 0 atom stereocenters. The van der Waals surface area contributed by atoms with E-state index in [4.69, 9.17) is 0 Å². The third-order valence-electron chi connectivity index (χ3n) is 3.30. The van der Waals surface area contributed by atoms with Crippen molar-refractivity contribution in [2.75, 3.05) is 0 Å². The zero-order valence-corrected chi connectivity index (χ0v) is 14.9. The van der Waals surface area contributed by atoms with Crippen LogP contribution in [0.3, 0.4) is 0 Å². The summed E-state index contributed by atoms with van der Waals surface area (Å²) in [4.78, 5) is 3.82. The summed E-state index contributed by atoms with van der Waals surface area (Å²) in [6.45, 7) is 0. The molecule has 0 radical (unpaired) electrons. The molecule has 0 saturated heterocycles. The molecule has 0 aromatic heterocycles.